The van der Waals surface area contributed by atoms with Crippen LogP contribution < -0.4 is 15.4 Å². The van der Waals surface area contributed by atoms with Gasteiger partial charge in [0.2, 0.25) is 5.95 Å². The molecular formula is C19H18F2N4O. The van der Waals surface area contributed by atoms with Crippen LogP contribution in [0.15, 0.2) is 42.5 Å². The van der Waals surface area contributed by atoms with Gasteiger partial charge in [-0.05, 0) is 43.7 Å². The van der Waals surface area contributed by atoms with E-state index in [9.17, 15) is 8.78 Å². The van der Waals surface area contributed by atoms with Gasteiger partial charge in [0.1, 0.15) is 23.2 Å². The van der Waals surface area contributed by atoms with Crippen LogP contribution in [0.1, 0.15) is 11.3 Å². The molecule has 3 aromatic rings. The second kappa shape index (κ2) is 7.35. The Balaban J connectivity index is 1.89. The number of aromatic nitrogens is 2. The lowest BCUT2D eigenvalue weighted by Gasteiger charge is -2.13. The lowest BCUT2D eigenvalue weighted by molar-refractivity contribution is 0.416. The average Bonchev–Trinajstić information content (AvgIpc) is 2.57. The van der Waals surface area contributed by atoms with Crippen molar-refractivity contribution in [3.05, 3.63) is 65.4 Å². The van der Waals surface area contributed by atoms with Gasteiger partial charge in [-0.3, -0.25) is 0 Å². The average molecular weight is 356 g/mol. The minimum atomic E-state index is -0.698. The third-order valence-corrected chi connectivity index (χ3v) is 3.65. The summed E-state index contributed by atoms with van der Waals surface area (Å²) in [5.74, 6) is 0.0350. The highest BCUT2D eigenvalue weighted by atomic mass is 19.1. The highest BCUT2D eigenvalue weighted by Gasteiger charge is 2.09. The van der Waals surface area contributed by atoms with Crippen LogP contribution in [0.4, 0.5) is 31.9 Å². The van der Waals surface area contributed by atoms with Gasteiger partial charge in [-0.1, -0.05) is 6.07 Å². The molecule has 0 fully saturated rings. The van der Waals surface area contributed by atoms with Gasteiger partial charge in [-0.2, -0.15) is 4.98 Å². The molecule has 0 saturated carbocycles. The first-order valence-corrected chi connectivity index (χ1v) is 7.94. The molecule has 0 radical (unpaired) electrons. The number of anilines is 4. The van der Waals surface area contributed by atoms with Gasteiger partial charge in [0.25, 0.3) is 0 Å². The van der Waals surface area contributed by atoms with Crippen LogP contribution >= 0.6 is 0 Å². The summed E-state index contributed by atoms with van der Waals surface area (Å²) in [5.41, 5.74) is 2.58. The van der Waals surface area contributed by atoms with Crippen LogP contribution in [0.3, 0.4) is 0 Å². The highest BCUT2D eigenvalue weighted by molar-refractivity contribution is 5.65. The predicted molar refractivity (Wildman–Crippen MR) is 97.4 cm³/mol. The highest BCUT2D eigenvalue weighted by Crippen LogP contribution is 2.28. The molecule has 0 bridgehead atoms. The molecule has 0 atom stereocenters. The number of aryl methyl sites for hydroxylation is 2. The Morgan fingerprint density at radius 1 is 0.885 bits per heavy atom. The molecule has 0 unspecified atom stereocenters. The molecule has 0 saturated heterocycles. The van der Waals surface area contributed by atoms with Crippen LogP contribution in [0, 0.1) is 25.5 Å². The summed E-state index contributed by atoms with van der Waals surface area (Å²) in [6.45, 7) is 3.76. The van der Waals surface area contributed by atoms with Gasteiger partial charge in [-0.25, -0.2) is 13.8 Å². The zero-order valence-corrected chi connectivity index (χ0v) is 14.6. The maximum Gasteiger partial charge on any atom is 0.229 e. The van der Waals surface area contributed by atoms with Crippen molar-refractivity contribution in [1.82, 2.24) is 9.97 Å². The van der Waals surface area contributed by atoms with Crippen molar-refractivity contribution >= 4 is 23.1 Å². The number of hydrogen-bond donors (Lipinski definition) is 2. The first-order chi connectivity index (χ1) is 12.4. The third-order valence-electron chi connectivity index (χ3n) is 3.65. The fraction of sp³-hybridized carbons (Fsp3) is 0.158. The molecule has 0 aliphatic rings. The topological polar surface area (TPSA) is 59.1 Å². The fourth-order valence-electron chi connectivity index (χ4n) is 2.46. The lowest BCUT2D eigenvalue weighted by Crippen LogP contribution is -2.04. The second-order valence-electron chi connectivity index (χ2n) is 5.80. The molecule has 2 aromatic carbocycles. The van der Waals surface area contributed by atoms with E-state index in [-0.39, 0.29) is 5.69 Å². The second-order valence-corrected chi connectivity index (χ2v) is 5.80. The summed E-state index contributed by atoms with van der Waals surface area (Å²) in [6.07, 6.45) is 0. The number of benzene rings is 2. The van der Waals surface area contributed by atoms with Crippen molar-refractivity contribution in [3.8, 4) is 5.75 Å². The first kappa shape index (κ1) is 17.6. The smallest absolute Gasteiger partial charge is 0.229 e. The molecule has 3 rings (SSSR count). The van der Waals surface area contributed by atoms with Crippen LogP contribution in [0.5, 0.6) is 5.75 Å². The van der Waals surface area contributed by atoms with Crippen LogP contribution in [0.25, 0.3) is 0 Å². The third kappa shape index (κ3) is 4.05. The summed E-state index contributed by atoms with van der Waals surface area (Å²) in [7, 11) is 1.58. The number of hydrogen-bond acceptors (Lipinski definition) is 5. The monoisotopic (exact) mass is 356 g/mol. The van der Waals surface area contributed by atoms with E-state index in [4.69, 9.17) is 4.74 Å². The summed E-state index contributed by atoms with van der Waals surface area (Å²) >= 11 is 0. The molecular weight excluding hydrogens is 338 g/mol. The van der Waals surface area contributed by atoms with Crippen molar-refractivity contribution in [2.45, 2.75) is 13.8 Å². The van der Waals surface area contributed by atoms with Gasteiger partial charge >= 0.3 is 0 Å². The van der Waals surface area contributed by atoms with E-state index < -0.39 is 11.6 Å². The van der Waals surface area contributed by atoms with Crippen molar-refractivity contribution < 1.29 is 13.5 Å². The van der Waals surface area contributed by atoms with Crippen molar-refractivity contribution in [2.75, 3.05) is 17.7 Å². The molecule has 0 spiro atoms. The largest absolute Gasteiger partial charge is 0.495 e. The van der Waals surface area contributed by atoms with Crippen LogP contribution in [-0.4, -0.2) is 17.1 Å². The zero-order valence-electron chi connectivity index (χ0n) is 14.6. The number of ether oxygens (including phenoxy) is 1. The molecule has 1 heterocycles. The van der Waals surface area contributed by atoms with E-state index in [2.05, 4.69) is 20.6 Å². The quantitative estimate of drug-likeness (QED) is 0.683. The van der Waals surface area contributed by atoms with Crippen LogP contribution in [0.2, 0.25) is 0 Å². The molecule has 0 aliphatic heterocycles. The zero-order chi connectivity index (χ0) is 18.7. The minimum absolute atomic E-state index is 0.128. The van der Waals surface area contributed by atoms with E-state index in [0.29, 0.717) is 23.2 Å². The Bertz CT molecular complexity index is 947. The van der Waals surface area contributed by atoms with Gasteiger partial charge in [-0.15, -0.1) is 0 Å². The number of halogens is 2. The Kier molecular flexibility index (Phi) is 4.97. The molecule has 5 nitrogen and oxygen atoms in total. The normalized spacial score (nSPS) is 10.5. The molecule has 26 heavy (non-hydrogen) atoms. The van der Waals surface area contributed by atoms with Gasteiger partial charge < -0.3 is 15.4 Å². The molecule has 134 valence electrons. The standard InChI is InChI=1S/C19H18F2N4O/c1-11-4-7-17(26-3)16(8-11)24-19-22-12(2)9-18(25-19)23-15-6-5-13(20)10-14(15)21/h4-10H,1-3H3,(H2,22,23,24,25). The first-order valence-electron chi connectivity index (χ1n) is 7.94. The molecule has 0 amide bonds. The number of methoxy groups -OCH3 is 1. The summed E-state index contributed by atoms with van der Waals surface area (Å²) in [6, 6.07) is 10.7. The fourth-order valence-corrected chi connectivity index (χ4v) is 2.46. The van der Waals surface area contributed by atoms with Gasteiger partial charge in [0, 0.05) is 17.8 Å². The Morgan fingerprint density at radius 2 is 1.69 bits per heavy atom. The number of rotatable bonds is 5. The van der Waals surface area contributed by atoms with Crippen molar-refractivity contribution in [2.24, 2.45) is 0 Å². The minimum Gasteiger partial charge on any atom is -0.495 e. The maximum absolute atomic E-state index is 13.8. The van der Waals surface area contributed by atoms with Crippen LogP contribution in [-0.2, 0) is 0 Å². The Morgan fingerprint density at radius 3 is 2.42 bits per heavy atom. The van der Waals surface area contributed by atoms with E-state index in [0.717, 1.165) is 17.3 Å². The summed E-state index contributed by atoms with van der Waals surface area (Å²) in [4.78, 5) is 8.68. The van der Waals surface area contributed by atoms with Gasteiger partial charge in [0.15, 0.2) is 0 Å². The summed E-state index contributed by atoms with van der Waals surface area (Å²) in [5, 5.41) is 5.96. The molecule has 7 heteroatoms. The Hall–Kier alpha value is -3.22. The van der Waals surface area contributed by atoms with E-state index in [1.54, 1.807) is 20.1 Å². The molecule has 0 aliphatic carbocycles. The summed E-state index contributed by atoms with van der Waals surface area (Å²) < 4.78 is 32.2. The van der Waals surface area contributed by atoms with Crippen molar-refractivity contribution in [1.29, 1.82) is 0 Å². The SMILES string of the molecule is COc1ccc(C)cc1Nc1nc(C)cc(Nc2ccc(F)cc2F)n1. The Labute approximate surface area is 150 Å². The lowest BCUT2D eigenvalue weighted by atomic mass is 10.2. The van der Waals surface area contributed by atoms with Crippen molar-refractivity contribution in [3.63, 3.8) is 0 Å². The van der Waals surface area contributed by atoms with E-state index in [1.165, 1.54) is 12.1 Å². The predicted octanol–water partition coefficient (Wildman–Crippen LogP) is 4.87. The molecule has 2 N–H and O–H groups in total. The van der Waals surface area contributed by atoms with Gasteiger partial charge in [0.05, 0.1) is 18.5 Å². The van der Waals surface area contributed by atoms with E-state index in [1.807, 2.05) is 25.1 Å². The molecule has 1 aromatic heterocycles. The number of nitrogens with one attached hydrogen (secondary N) is 2. The maximum atomic E-state index is 13.8. The number of nitrogens with zero attached hydrogens (tertiary/aromatic N) is 2. The van der Waals surface area contributed by atoms with E-state index >= 15 is 0 Å².